The van der Waals surface area contributed by atoms with Crippen LogP contribution in [-0.2, 0) is 11.2 Å². The Balaban J connectivity index is 1.47. The van der Waals surface area contributed by atoms with Gasteiger partial charge in [0.15, 0.2) is 0 Å². The summed E-state index contributed by atoms with van der Waals surface area (Å²) < 4.78 is 0. The van der Waals surface area contributed by atoms with Crippen molar-refractivity contribution in [2.75, 3.05) is 10.6 Å². The van der Waals surface area contributed by atoms with Crippen molar-refractivity contribution in [3.8, 4) is 17.3 Å². The van der Waals surface area contributed by atoms with Crippen molar-refractivity contribution >= 4 is 28.2 Å². The smallest absolute Gasteiger partial charge is 0.221 e. The van der Waals surface area contributed by atoms with Gasteiger partial charge >= 0.3 is 0 Å². The van der Waals surface area contributed by atoms with Crippen molar-refractivity contribution in [3.63, 3.8) is 0 Å². The number of rotatable bonds is 4. The van der Waals surface area contributed by atoms with E-state index in [0.29, 0.717) is 0 Å². The van der Waals surface area contributed by atoms with Crippen LogP contribution in [0.15, 0.2) is 60.7 Å². The van der Waals surface area contributed by atoms with E-state index in [4.69, 9.17) is 0 Å². The number of nitrogens with zero attached hydrogens (tertiary/aromatic N) is 2. The highest BCUT2D eigenvalue weighted by Crippen LogP contribution is 2.35. The minimum absolute atomic E-state index is 0.102. The zero-order valence-electron chi connectivity index (χ0n) is 17.8. The lowest BCUT2D eigenvalue weighted by molar-refractivity contribution is -0.114. The predicted octanol–water partition coefficient (Wildman–Crippen LogP) is 5.55. The van der Waals surface area contributed by atoms with E-state index >= 15 is 0 Å². The maximum Gasteiger partial charge on any atom is 0.221 e. The highest BCUT2D eigenvalue weighted by molar-refractivity contribution is 5.96. The monoisotopic (exact) mass is 421 g/mol. The third-order valence-corrected chi connectivity index (χ3v) is 5.95. The molecule has 0 bridgehead atoms. The van der Waals surface area contributed by atoms with Crippen LogP contribution in [0.1, 0.15) is 42.5 Å². The van der Waals surface area contributed by atoms with Crippen LogP contribution in [0, 0.1) is 11.3 Å². The van der Waals surface area contributed by atoms with Gasteiger partial charge in [-0.05, 0) is 72.9 Å². The van der Waals surface area contributed by atoms with Gasteiger partial charge in [0.05, 0.1) is 23.2 Å². The number of H-pyrrole nitrogens is 1. The first-order valence-electron chi connectivity index (χ1n) is 10.8. The number of hydrogen-bond acceptors (Lipinski definition) is 4. The number of aromatic nitrogens is 2. The minimum Gasteiger partial charge on any atom is -0.378 e. The van der Waals surface area contributed by atoms with Gasteiger partial charge in [0.1, 0.15) is 5.69 Å². The fourth-order valence-electron chi connectivity index (χ4n) is 4.51. The first-order chi connectivity index (χ1) is 15.6. The summed E-state index contributed by atoms with van der Waals surface area (Å²) >= 11 is 0. The summed E-state index contributed by atoms with van der Waals surface area (Å²) in [6.45, 7) is 1.50. The molecule has 6 nitrogen and oxygen atoms in total. The number of amides is 1. The van der Waals surface area contributed by atoms with Crippen molar-refractivity contribution < 1.29 is 4.79 Å². The number of nitrogens with one attached hydrogen (secondary N) is 3. The lowest BCUT2D eigenvalue weighted by Gasteiger charge is -2.27. The molecule has 1 aromatic heterocycles. The second-order valence-corrected chi connectivity index (χ2v) is 8.21. The summed E-state index contributed by atoms with van der Waals surface area (Å²) in [5, 5.41) is 24.4. The molecule has 1 aliphatic carbocycles. The van der Waals surface area contributed by atoms with Crippen molar-refractivity contribution in [1.29, 1.82) is 5.26 Å². The molecule has 1 atom stereocenters. The average Bonchev–Trinajstić information content (AvgIpc) is 3.22. The van der Waals surface area contributed by atoms with Gasteiger partial charge < -0.3 is 10.6 Å². The maximum atomic E-state index is 11.4. The summed E-state index contributed by atoms with van der Waals surface area (Å²) in [4.78, 5) is 11.4. The number of nitriles is 1. The Bertz CT molecular complexity index is 1360. The van der Waals surface area contributed by atoms with E-state index in [1.165, 1.54) is 18.1 Å². The number of carbonyl (C=O) groups is 1. The molecule has 1 amide bonds. The van der Waals surface area contributed by atoms with E-state index in [9.17, 15) is 10.1 Å². The normalized spacial score (nSPS) is 15.1. The second kappa shape index (κ2) is 8.20. The quantitative estimate of drug-likeness (QED) is 0.403. The number of aromatic amines is 1. The van der Waals surface area contributed by atoms with Crippen LogP contribution in [-0.4, -0.2) is 16.1 Å². The van der Waals surface area contributed by atoms with E-state index in [1.807, 2.05) is 42.5 Å². The summed E-state index contributed by atoms with van der Waals surface area (Å²) in [5.74, 6) is -0.102. The van der Waals surface area contributed by atoms with Gasteiger partial charge in [-0.1, -0.05) is 18.2 Å². The number of hydrogen-bond donors (Lipinski definition) is 3. The lowest BCUT2D eigenvalue weighted by Crippen LogP contribution is -2.17. The Morgan fingerprint density at radius 1 is 1.12 bits per heavy atom. The third-order valence-electron chi connectivity index (χ3n) is 5.95. The fourth-order valence-corrected chi connectivity index (χ4v) is 4.51. The molecule has 0 fully saturated rings. The zero-order valence-corrected chi connectivity index (χ0v) is 17.8. The van der Waals surface area contributed by atoms with Crippen LogP contribution < -0.4 is 10.6 Å². The molecule has 0 unspecified atom stereocenters. The minimum atomic E-state index is -0.102. The van der Waals surface area contributed by atoms with Crippen molar-refractivity contribution in [3.05, 3.63) is 77.4 Å². The number of aryl methyl sites for hydroxylation is 1. The molecule has 0 saturated carbocycles. The van der Waals surface area contributed by atoms with Crippen LogP contribution in [0.25, 0.3) is 22.2 Å². The predicted molar refractivity (Wildman–Crippen MR) is 126 cm³/mol. The lowest BCUT2D eigenvalue weighted by atomic mass is 9.86. The molecule has 32 heavy (non-hydrogen) atoms. The van der Waals surface area contributed by atoms with Gasteiger partial charge in [0.2, 0.25) is 5.91 Å². The Morgan fingerprint density at radius 2 is 2.03 bits per heavy atom. The third kappa shape index (κ3) is 3.81. The van der Waals surface area contributed by atoms with Crippen LogP contribution in [0.4, 0.5) is 11.4 Å². The van der Waals surface area contributed by atoms with Crippen LogP contribution in [0.2, 0.25) is 0 Å². The average molecular weight is 422 g/mol. The van der Waals surface area contributed by atoms with Gasteiger partial charge in [-0.3, -0.25) is 9.89 Å². The zero-order chi connectivity index (χ0) is 22.1. The molecule has 3 aromatic carbocycles. The van der Waals surface area contributed by atoms with Gasteiger partial charge in [-0.15, -0.1) is 0 Å². The van der Waals surface area contributed by atoms with Crippen LogP contribution in [0.3, 0.4) is 0 Å². The Labute approximate surface area is 186 Å². The topological polar surface area (TPSA) is 93.6 Å². The van der Waals surface area contributed by atoms with E-state index < -0.39 is 0 Å². The Hall–Kier alpha value is -4.11. The molecule has 0 radical (unpaired) electrons. The maximum absolute atomic E-state index is 11.4. The van der Waals surface area contributed by atoms with E-state index in [2.05, 4.69) is 45.1 Å². The largest absolute Gasteiger partial charge is 0.378 e. The molecule has 0 aliphatic heterocycles. The molecule has 5 rings (SSSR count). The number of fused-ring (bicyclic) bond motifs is 2. The highest BCUT2D eigenvalue weighted by Gasteiger charge is 2.21. The number of anilines is 2. The van der Waals surface area contributed by atoms with Crippen molar-refractivity contribution in [2.45, 2.75) is 32.2 Å². The Kier molecular flexibility index (Phi) is 5.08. The van der Waals surface area contributed by atoms with Gasteiger partial charge in [0, 0.05) is 29.2 Å². The number of benzene rings is 3. The van der Waals surface area contributed by atoms with Crippen LogP contribution in [0.5, 0.6) is 0 Å². The van der Waals surface area contributed by atoms with Crippen molar-refractivity contribution in [1.82, 2.24) is 10.2 Å². The molecule has 1 aliphatic rings. The van der Waals surface area contributed by atoms with Gasteiger partial charge in [-0.2, -0.15) is 10.4 Å². The molecule has 4 aromatic rings. The summed E-state index contributed by atoms with van der Waals surface area (Å²) in [6.07, 6.45) is 3.15. The Morgan fingerprint density at radius 3 is 2.88 bits per heavy atom. The molecule has 3 N–H and O–H groups in total. The molecule has 1 heterocycles. The van der Waals surface area contributed by atoms with E-state index in [1.54, 1.807) is 0 Å². The number of carbonyl (C=O) groups excluding carboxylic acids is 1. The molecule has 158 valence electrons. The summed E-state index contributed by atoms with van der Waals surface area (Å²) in [7, 11) is 0. The SMILES string of the molecule is CC(=O)Nc1cccc(-c2n[nH]c3ccc(N[C@H]4CCCc5cc(C#N)ccc54)cc23)c1. The summed E-state index contributed by atoms with van der Waals surface area (Å²) in [5.41, 5.74) is 7.76. The van der Waals surface area contributed by atoms with Crippen molar-refractivity contribution in [2.24, 2.45) is 0 Å². The fraction of sp³-hybridized carbons (Fsp3) is 0.192. The molecule has 6 heteroatoms. The molecule has 0 saturated heterocycles. The molecular weight excluding hydrogens is 398 g/mol. The van der Waals surface area contributed by atoms with Gasteiger partial charge in [-0.25, -0.2) is 0 Å². The van der Waals surface area contributed by atoms with Gasteiger partial charge in [0.25, 0.3) is 0 Å². The molecule has 0 spiro atoms. The van der Waals surface area contributed by atoms with E-state index in [-0.39, 0.29) is 11.9 Å². The summed E-state index contributed by atoms with van der Waals surface area (Å²) in [6, 6.07) is 22.4. The van der Waals surface area contributed by atoms with Crippen LogP contribution >= 0.6 is 0 Å². The highest BCUT2D eigenvalue weighted by atomic mass is 16.1. The first kappa shape index (κ1) is 19.8. The van der Waals surface area contributed by atoms with E-state index in [0.717, 1.165) is 58.4 Å². The molecular formula is C26H23N5O. The first-order valence-corrected chi connectivity index (χ1v) is 10.8. The second-order valence-electron chi connectivity index (χ2n) is 8.21. The standard InChI is InChI=1S/C26H23N5O/c1-16(32)28-20-6-2-5-19(13-20)26-23-14-21(9-11-25(23)30-31-26)29-24-7-3-4-18-12-17(15-27)8-10-22(18)24/h2,5-6,8-14,24,29H,3-4,7H2,1H3,(H,28,32)(H,30,31)/t24-/m0/s1.